The number of hydrogen-bond donors (Lipinski definition) is 0. The second-order valence-electron chi connectivity index (χ2n) is 3.55. The smallest absolute Gasteiger partial charge is 0.185 e. The van der Waals surface area contributed by atoms with E-state index in [1.807, 2.05) is 14.1 Å². The summed E-state index contributed by atoms with van der Waals surface area (Å²) in [6, 6.07) is 6.50. The molecule has 2 aromatic rings. The lowest BCUT2D eigenvalue weighted by Crippen LogP contribution is -2.07. The Balaban J connectivity index is 2.54. The Kier molecular flexibility index (Phi) is 2.42. The van der Waals surface area contributed by atoms with E-state index in [9.17, 15) is 0 Å². The lowest BCUT2D eigenvalue weighted by Gasteiger charge is -2.04. The minimum atomic E-state index is 1.08. The van der Waals surface area contributed by atoms with Gasteiger partial charge in [-0.15, -0.1) is 0 Å². The van der Waals surface area contributed by atoms with Crippen molar-refractivity contribution in [2.75, 3.05) is 19.0 Å². The maximum atomic E-state index is 4.53. The fourth-order valence-corrected chi connectivity index (χ4v) is 2.32. The van der Waals surface area contributed by atoms with Gasteiger partial charge in [0.2, 0.25) is 0 Å². The third-order valence-corrected chi connectivity index (χ3v) is 3.42. The van der Waals surface area contributed by atoms with E-state index >= 15 is 0 Å². The highest BCUT2D eigenvalue weighted by Gasteiger charge is 2.04. The molecular weight excluding hydrogens is 192 g/mol. The van der Waals surface area contributed by atoms with Crippen molar-refractivity contribution in [3.63, 3.8) is 0 Å². The SMILES string of the molecule is CCc1ccc2nc(N(C)C)sc2c1. The number of benzene rings is 1. The molecule has 2 rings (SSSR count). The summed E-state index contributed by atoms with van der Waals surface area (Å²) in [5, 5.41) is 1.08. The van der Waals surface area contributed by atoms with Gasteiger partial charge in [-0.2, -0.15) is 0 Å². The van der Waals surface area contributed by atoms with E-state index in [1.165, 1.54) is 10.3 Å². The predicted molar refractivity (Wildman–Crippen MR) is 63.3 cm³/mol. The van der Waals surface area contributed by atoms with Crippen LogP contribution in [-0.2, 0) is 6.42 Å². The maximum absolute atomic E-state index is 4.53. The Morgan fingerprint density at radius 1 is 1.36 bits per heavy atom. The Labute approximate surface area is 88.2 Å². The first-order valence-electron chi connectivity index (χ1n) is 4.77. The molecule has 0 N–H and O–H groups in total. The molecule has 0 fully saturated rings. The fraction of sp³-hybridized carbons (Fsp3) is 0.364. The van der Waals surface area contributed by atoms with Gasteiger partial charge in [0.25, 0.3) is 0 Å². The Hall–Kier alpha value is -1.09. The highest BCUT2D eigenvalue weighted by Crippen LogP contribution is 2.28. The summed E-state index contributed by atoms with van der Waals surface area (Å²) in [6.45, 7) is 2.18. The van der Waals surface area contributed by atoms with Gasteiger partial charge in [0.15, 0.2) is 5.13 Å². The van der Waals surface area contributed by atoms with Gasteiger partial charge in [0, 0.05) is 14.1 Å². The molecule has 74 valence electrons. The molecule has 0 saturated carbocycles. The fourth-order valence-electron chi connectivity index (χ4n) is 1.37. The number of hydrogen-bond acceptors (Lipinski definition) is 3. The van der Waals surface area contributed by atoms with Crippen molar-refractivity contribution in [1.29, 1.82) is 0 Å². The summed E-state index contributed by atoms with van der Waals surface area (Å²) >= 11 is 1.75. The molecule has 0 unspecified atom stereocenters. The molecule has 1 heterocycles. The summed E-state index contributed by atoms with van der Waals surface area (Å²) in [5.41, 5.74) is 2.49. The van der Waals surface area contributed by atoms with Gasteiger partial charge in [0.1, 0.15) is 0 Å². The third-order valence-electron chi connectivity index (χ3n) is 2.23. The van der Waals surface area contributed by atoms with Crippen LogP contribution in [0.15, 0.2) is 18.2 Å². The van der Waals surface area contributed by atoms with Crippen LogP contribution in [0.2, 0.25) is 0 Å². The molecule has 0 aliphatic rings. The maximum Gasteiger partial charge on any atom is 0.185 e. The number of fused-ring (bicyclic) bond motifs is 1. The van der Waals surface area contributed by atoms with Gasteiger partial charge in [-0.1, -0.05) is 24.3 Å². The summed E-state index contributed by atoms with van der Waals surface area (Å²) in [7, 11) is 4.05. The van der Waals surface area contributed by atoms with Gasteiger partial charge in [-0.25, -0.2) is 4.98 Å². The molecule has 0 atom stereocenters. The van der Waals surface area contributed by atoms with Gasteiger partial charge in [0.05, 0.1) is 10.2 Å². The number of anilines is 1. The van der Waals surface area contributed by atoms with Gasteiger partial charge >= 0.3 is 0 Å². The number of aromatic nitrogens is 1. The molecule has 0 spiro atoms. The molecule has 3 heteroatoms. The Morgan fingerprint density at radius 3 is 2.79 bits per heavy atom. The third kappa shape index (κ3) is 1.60. The molecule has 0 bridgehead atoms. The zero-order valence-corrected chi connectivity index (χ0v) is 9.56. The predicted octanol–water partition coefficient (Wildman–Crippen LogP) is 2.92. The minimum Gasteiger partial charge on any atom is -0.354 e. The number of thiazole rings is 1. The van der Waals surface area contributed by atoms with E-state index in [1.54, 1.807) is 11.3 Å². The highest BCUT2D eigenvalue weighted by molar-refractivity contribution is 7.22. The van der Waals surface area contributed by atoms with Gasteiger partial charge in [-0.3, -0.25) is 0 Å². The number of aryl methyl sites for hydroxylation is 1. The molecular formula is C11H14N2S. The van der Waals surface area contributed by atoms with Crippen LogP contribution < -0.4 is 4.90 Å². The van der Waals surface area contributed by atoms with Crippen molar-refractivity contribution >= 4 is 26.7 Å². The van der Waals surface area contributed by atoms with Crippen molar-refractivity contribution in [2.45, 2.75) is 13.3 Å². The topological polar surface area (TPSA) is 16.1 Å². The average molecular weight is 206 g/mol. The normalized spacial score (nSPS) is 10.8. The zero-order chi connectivity index (χ0) is 10.1. The molecule has 0 aliphatic carbocycles. The van der Waals surface area contributed by atoms with Crippen molar-refractivity contribution in [3.05, 3.63) is 23.8 Å². The molecule has 0 saturated heterocycles. The van der Waals surface area contributed by atoms with Crippen LogP contribution in [0.1, 0.15) is 12.5 Å². The summed E-state index contributed by atoms with van der Waals surface area (Å²) < 4.78 is 1.29. The van der Waals surface area contributed by atoms with E-state index < -0.39 is 0 Å². The molecule has 0 aliphatic heterocycles. The van der Waals surface area contributed by atoms with Crippen molar-refractivity contribution in [3.8, 4) is 0 Å². The Bertz CT molecular complexity index is 445. The average Bonchev–Trinajstić information content (AvgIpc) is 2.59. The number of rotatable bonds is 2. The van der Waals surface area contributed by atoms with Crippen LogP contribution in [0, 0.1) is 0 Å². The van der Waals surface area contributed by atoms with Crippen LogP contribution in [0.25, 0.3) is 10.2 Å². The van der Waals surface area contributed by atoms with E-state index in [0.717, 1.165) is 17.1 Å². The molecule has 14 heavy (non-hydrogen) atoms. The van der Waals surface area contributed by atoms with Crippen molar-refractivity contribution in [1.82, 2.24) is 4.98 Å². The quantitative estimate of drug-likeness (QED) is 0.751. The minimum absolute atomic E-state index is 1.08. The van der Waals surface area contributed by atoms with Gasteiger partial charge < -0.3 is 4.90 Å². The molecule has 0 amide bonds. The largest absolute Gasteiger partial charge is 0.354 e. The van der Waals surface area contributed by atoms with Crippen molar-refractivity contribution < 1.29 is 0 Å². The second kappa shape index (κ2) is 3.58. The van der Waals surface area contributed by atoms with E-state index in [2.05, 4.69) is 35.0 Å². The lowest BCUT2D eigenvalue weighted by atomic mass is 10.2. The van der Waals surface area contributed by atoms with E-state index in [-0.39, 0.29) is 0 Å². The van der Waals surface area contributed by atoms with E-state index in [0.29, 0.717) is 0 Å². The first-order chi connectivity index (χ1) is 6.70. The second-order valence-corrected chi connectivity index (χ2v) is 4.56. The standard InChI is InChI=1S/C11H14N2S/c1-4-8-5-6-9-10(7-8)14-11(12-9)13(2)3/h5-7H,4H2,1-3H3. The summed E-state index contributed by atoms with van der Waals surface area (Å²) in [6.07, 6.45) is 1.09. The van der Waals surface area contributed by atoms with Crippen molar-refractivity contribution in [2.24, 2.45) is 0 Å². The lowest BCUT2D eigenvalue weighted by molar-refractivity contribution is 1.11. The first kappa shape index (κ1) is 9.46. The van der Waals surface area contributed by atoms with Crippen LogP contribution in [0.4, 0.5) is 5.13 Å². The number of nitrogens with zero attached hydrogens (tertiary/aromatic N) is 2. The molecule has 2 nitrogen and oxygen atoms in total. The zero-order valence-electron chi connectivity index (χ0n) is 8.74. The van der Waals surface area contributed by atoms with Crippen LogP contribution in [-0.4, -0.2) is 19.1 Å². The molecule has 0 radical (unpaired) electrons. The molecule has 1 aromatic heterocycles. The van der Waals surface area contributed by atoms with Crippen LogP contribution >= 0.6 is 11.3 Å². The van der Waals surface area contributed by atoms with Crippen LogP contribution in [0.3, 0.4) is 0 Å². The first-order valence-corrected chi connectivity index (χ1v) is 5.59. The van der Waals surface area contributed by atoms with Gasteiger partial charge in [-0.05, 0) is 24.1 Å². The highest BCUT2D eigenvalue weighted by atomic mass is 32.1. The summed E-state index contributed by atoms with van der Waals surface area (Å²) in [5.74, 6) is 0. The monoisotopic (exact) mass is 206 g/mol. The molecule has 1 aromatic carbocycles. The Morgan fingerprint density at radius 2 is 2.14 bits per heavy atom. The summed E-state index contributed by atoms with van der Waals surface area (Å²) in [4.78, 5) is 6.58. The van der Waals surface area contributed by atoms with Crippen LogP contribution in [0.5, 0.6) is 0 Å². The van der Waals surface area contributed by atoms with E-state index in [4.69, 9.17) is 0 Å².